The molecule has 0 aliphatic carbocycles. The number of likely N-dealkylation sites (N-methyl/N-ethyl adjacent to an activating group) is 1. The molecule has 2 unspecified atom stereocenters. The third-order valence-electron chi connectivity index (χ3n) is 7.55. The standard InChI is InChI=1S/C26H42FN7O4S/c1-16(30-5)24(35)31-23(26(2,3)4)25(36)33-12-11-21-22(33)18(14-34(21)39(6,37)38)13-32(29)15-20(28)17-7-9-19(27)10-8-17/h7-10,15-16,18,21-23,30H,11-14,28-29H2,1-6H3,(H,31,35)/b20-15-/t16-,18-,21?,22+,23?/m0/s1. The molecular formula is C26H42FN7O4S. The molecule has 0 radical (unpaired) electrons. The highest BCUT2D eigenvalue weighted by molar-refractivity contribution is 7.88. The second kappa shape index (κ2) is 11.8. The zero-order chi connectivity index (χ0) is 29.3. The van der Waals surface area contributed by atoms with E-state index < -0.39 is 39.6 Å². The topological polar surface area (TPSA) is 154 Å². The van der Waals surface area contributed by atoms with Crippen molar-refractivity contribution in [1.29, 1.82) is 0 Å². The number of carbonyl (C=O) groups excluding carboxylic acids is 2. The molecule has 0 aromatic heterocycles. The molecular weight excluding hydrogens is 525 g/mol. The summed E-state index contributed by atoms with van der Waals surface area (Å²) >= 11 is 0. The number of halogens is 1. The zero-order valence-electron chi connectivity index (χ0n) is 23.5. The summed E-state index contributed by atoms with van der Waals surface area (Å²) in [5.41, 5.74) is 6.49. The summed E-state index contributed by atoms with van der Waals surface area (Å²) < 4.78 is 40.1. The van der Waals surface area contributed by atoms with Crippen molar-refractivity contribution in [3.63, 3.8) is 0 Å². The van der Waals surface area contributed by atoms with Crippen LogP contribution >= 0.6 is 0 Å². The fourth-order valence-corrected chi connectivity index (χ4v) is 6.58. The molecule has 39 heavy (non-hydrogen) atoms. The zero-order valence-corrected chi connectivity index (χ0v) is 24.3. The van der Waals surface area contributed by atoms with Crippen molar-refractivity contribution in [2.75, 3.05) is 32.9 Å². The van der Waals surface area contributed by atoms with E-state index >= 15 is 0 Å². The highest BCUT2D eigenvalue weighted by Gasteiger charge is 2.54. The largest absolute Gasteiger partial charge is 0.397 e. The van der Waals surface area contributed by atoms with Crippen molar-refractivity contribution >= 4 is 27.5 Å². The van der Waals surface area contributed by atoms with E-state index in [-0.39, 0.29) is 36.6 Å². The van der Waals surface area contributed by atoms with Crippen molar-refractivity contribution in [1.82, 2.24) is 24.8 Å². The third-order valence-corrected chi connectivity index (χ3v) is 8.82. The van der Waals surface area contributed by atoms with Crippen LogP contribution < -0.4 is 22.2 Å². The van der Waals surface area contributed by atoms with Crippen LogP contribution in [-0.2, 0) is 19.6 Å². The van der Waals surface area contributed by atoms with Gasteiger partial charge < -0.3 is 26.3 Å². The minimum absolute atomic E-state index is 0.194. The molecule has 5 atom stereocenters. The van der Waals surface area contributed by atoms with E-state index in [1.54, 1.807) is 31.0 Å². The molecule has 2 saturated heterocycles. The number of carbonyl (C=O) groups is 2. The number of nitrogens with zero attached hydrogens (tertiary/aromatic N) is 3. The second-order valence-corrected chi connectivity index (χ2v) is 13.5. The van der Waals surface area contributed by atoms with Gasteiger partial charge in [0.05, 0.1) is 24.0 Å². The molecule has 2 heterocycles. The number of amides is 2. The molecule has 218 valence electrons. The average molecular weight is 568 g/mol. The molecule has 11 nitrogen and oxygen atoms in total. The van der Waals surface area contributed by atoms with Crippen molar-refractivity contribution < 1.29 is 22.4 Å². The smallest absolute Gasteiger partial charge is 0.246 e. The number of sulfonamides is 1. The van der Waals surface area contributed by atoms with E-state index in [0.29, 0.717) is 24.2 Å². The second-order valence-electron chi connectivity index (χ2n) is 11.6. The van der Waals surface area contributed by atoms with Gasteiger partial charge in [0, 0.05) is 37.8 Å². The Balaban J connectivity index is 1.88. The molecule has 2 fully saturated rings. The van der Waals surface area contributed by atoms with Crippen molar-refractivity contribution in [2.24, 2.45) is 22.9 Å². The van der Waals surface area contributed by atoms with E-state index in [4.69, 9.17) is 11.6 Å². The molecule has 0 spiro atoms. The minimum Gasteiger partial charge on any atom is -0.397 e. The first-order chi connectivity index (χ1) is 18.0. The Bertz CT molecular complexity index is 1190. The number of benzene rings is 1. The minimum atomic E-state index is -3.54. The molecule has 1 aromatic carbocycles. The summed E-state index contributed by atoms with van der Waals surface area (Å²) in [4.78, 5) is 28.4. The predicted molar refractivity (Wildman–Crippen MR) is 148 cm³/mol. The highest BCUT2D eigenvalue weighted by Crippen LogP contribution is 2.38. The van der Waals surface area contributed by atoms with Gasteiger partial charge in [0.2, 0.25) is 21.8 Å². The number of hydrogen-bond acceptors (Lipinski definition) is 8. The van der Waals surface area contributed by atoms with Crippen LogP contribution in [0.5, 0.6) is 0 Å². The van der Waals surface area contributed by atoms with E-state index in [0.717, 1.165) is 0 Å². The Morgan fingerprint density at radius 2 is 1.87 bits per heavy atom. The van der Waals surface area contributed by atoms with E-state index in [9.17, 15) is 22.4 Å². The van der Waals surface area contributed by atoms with Crippen LogP contribution in [0.2, 0.25) is 0 Å². The summed E-state index contributed by atoms with van der Waals surface area (Å²) in [5.74, 6) is 5.05. The molecule has 3 rings (SSSR count). The quantitative estimate of drug-likeness (QED) is 0.245. The van der Waals surface area contributed by atoms with E-state index in [1.165, 1.54) is 33.9 Å². The first-order valence-electron chi connectivity index (χ1n) is 13.0. The van der Waals surface area contributed by atoms with Crippen LogP contribution in [-0.4, -0.2) is 91.6 Å². The maximum Gasteiger partial charge on any atom is 0.246 e. The number of rotatable bonds is 9. The summed E-state index contributed by atoms with van der Waals surface area (Å²) in [7, 11) is -1.88. The molecule has 6 N–H and O–H groups in total. The number of hydrazine groups is 1. The van der Waals surface area contributed by atoms with Gasteiger partial charge in [-0.25, -0.2) is 18.7 Å². The van der Waals surface area contributed by atoms with Crippen LogP contribution in [0.4, 0.5) is 4.39 Å². The molecule has 0 saturated carbocycles. The SMILES string of the molecule is CN[C@@H](C)C(=O)NC(C(=O)N1CCC2[C@H]1[C@@H](CN(N)/C=C(\N)c1ccc(F)cc1)CN2S(C)(=O)=O)C(C)(C)C. The fraction of sp³-hybridized carbons (Fsp3) is 0.615. The van der Waals surface area contributed by atoms with Crippen LogP contribution in [0, 0.1) is 17.2 Å². The van der Waals surface area contributed by atoms with Gasteiger partial charge in [0.15, 0.2) is 0 Å². The van der Waals surface area contributed by atoms with E-state index in [2.05, 4.69) is 10.6 Å². The Hall–Kier alpha value is -2.74. The summed E-state index contributed by atoms with van der Waals surface area (Å²) in [6.45, 7) is 8.14. The van der Waals surface area contributed by atoms with Gasteiger partial charge in [-0.05, 0) is 55.6 Å². The lowest BCUT2D eigenvalue weighted by atomic mass is 9.85. The maximum atomic E-state index is 14.0. The number of fused-ring (bicyclic) bond motifs is 1. The molecule has 2 amide bonds. The lowest BCUT2D eigenvalue weighted by Crippen LogP contribution is -2.59. The van der Waals surface area contributed by atoms with Gasteiger partial charge in [0.25, 0.3) is 0 Å². The summed E-state index contributed by atoms with van der Waals surface area (Å²) in [6.07, 6.45) is 3.17. The number of hydrogen-bond donors (Lipinski definition) is 4. The molecule has 13 heteroatoms. The van der Waals surface area contributed by atoms with E-state index in [1.807, 2.05) is 20.8 Å². The highest BCUT2D eigenvalue weighted by atomic mass is 32.2. The van der Waals surface area contributed by atoms with Gasteiger partial charge in [-0.2, -0.15) is 4.31 Å². The van der Waals surface area contributed by atoms with Crippen molar-refractivity contribution in [3.8, 4) is 0 Å². The molecule has 0 bridgehead atoms. The first-order valence-corrected chi connectivity index (χ1v) is 14.9. The Morgan fingerprint density at radius 3 is 2.41 bits per heavy atom. The van der Waals surface area contributed by atoms with Crippen molar-refractivity contribution in [3.05, 3.63) is 41.8 Å². The Morgan fingerprint density at radius 1 is 1.26 bits per heavy atom. The predicted octanol–water partition coefficient (Wildman–Crippen LogP) is 0.258. The Kier molecular flexibility index (Phi) is 9.31. The van der Waals surface area contributed by atoms with Gasteiger partial charge in [-0.15, -0.1) is 0 Å². The van der Waals surface area contributed by atoms with Gasteiger partial charge >= 0.3 is 0 Å². The number of nitrogens with two attached hydrogens (primary N) is 2. The Labute approximate surface area is 230 Å². The van der Waals surface area contributed by atoms with Crippen LogP contribution in [0.3, 0.4) is 0 Å². The fourth-order valence-electron chi connectivity index (χ4n) is 5.39. The average Bonchev–Trinajstić information content (AvgIpc) is 3.42. The molecule has 2 aliphatic heterocycles. The van der Waals surface area contributed by atoms with Crippen LogP contribution in [0.25, 0.3) is 5.70 Å². The van der Waals surface area contributed by atoms with Crippen molar-refractivity contribution in [2.45, 2.75) is 58.3 Å². The number of likely N-dealkylation sites (tertiary alicyclic amines) is 1. The first kappa shape index (κ1) is 30.8. The third kappa shape index (κ3) is 7.07. The van der Waals surface area contributed by atoms with Gasteiger partial charge in [0.1, 0.15) is 11.9 Å². The van der Waals surface area contributed by atoms with Gasteiger partial charge in [-0.3, -0.25) is 9.59 Å². The molecule has 2 aliphatic rings. The monoisotopic (exact) mass is 567 g/mol. The van der Waals surface area contributed by atoms with Gasteiger partial charge in [-0.1, -0.05) is 20.8 Å². The van der Waals surface area contributed by atoms with Crippen LogP contribution in [0.1, 0.15) is 39.7 Å². The lowest BCUT2D eigenvalue weighted by Gasteiger charge is -2.38. The summed E-state index contributed by atoms with van der Waals surface area (Å²) in [5, 5.41) is 7.16. The van der Waals surface area contributed by atoms with Crippen LogP contribution in [0.15, 0.2) is 30.5 Å². The maximum absolute atomic E-state index is 14.0. The summed E-state index contributed by atoms with van der Waals surface area (Å²) in [6, 6.07) is 3.56. The lowest BCUT2D eigenvalue weighted by molar-refractivity contribution is -0.141. The normalized spacial score (nSPS) is 23.8. The number of nitrogens with one attached hydrogen (secondary N) is 2. The molecule has 1 aromatic rings.